The summed E-state index contributed by atoms with van der Waals surface area (Å²) >= 11 is 0. The summed E-state index contributed by atoms with van der Waals surface area (Å²) in [4.78, 5) is 9.26. The summed E-state index contributed by atoms with van der Waals surface area (Å²) in [5.41, 5.74) is 4.63. The highest BCUT2D eigenvalue weighted by atomic mass is 35.5. The van der Waals surface area contributed by atoms with E-state index in [0.717, 1.165) is 28.9 Å². The molecule has 0 radical (unpaired) electrons. The van der Waals surface area contributed by atoms with Crippen molar-refractivity contribution in [2.75, 3.05) is 26.2 Å². The predicted octanol–water partition coefficient (Wildman–Crippen LogP) is 1.67. The number of piperidine rings is 1. The lowest BCUT2D eigenvalue weighted by molar-refractivity contribution is -0.388. The zero-order valence-corrected chi connectivity index (χ0v) is 15.1. The Balaban J connectivity index is 0.00000312. The lowest BCUT2D eigenvalue weighted by Gasteiger charge is -2.31. The zero-order chi connectivity index (χ0) is 17.7. The van der Waals surface area contributed by atoms with E-state index in [4.69, 9.17) is 10.5 Å². The minimum atomic E-state index is -4.28. The average Bonchev–Trinajstić information content (AvgIpc) is 2.55. The molecule has 0 aromatic heterocycles. The number of hydrogen-bond acceptors (Lipinski definition) is 6. The zero-order valence-electron chi connectivity index (χ0n) is 13.5. The molecule has 11 heteroatoms. The van der Waals surface area contributed by atoms with Gasteiger partial charge in [-0.3, -0.25) is 10.1 Å². The Hall–Kier alpha value is -1.33. The number of halogens is 2. The fourth-order valence-electron chi connectivity index (χ4n) is 2.60. The van der Waals surface area contributed by atoms with E-state index in [1.165, 1.54) is 0 Å². The van der Waals surface area contributed by atoms with E-state index < -0.39 is 31.3 Å². The highest BCUT2D eigenvalue weighted by Gasteiger charge is 2.36. The van der Waals surface area contributed by atoms with Gasteiger partial charge in [0.2, 0.25) is 0 Å². The number of rotatable bonds is 7. The van der Waals surface area contributed by atoms with Crippen LogP contribution >= 0.6 is 12.4 Å². The average molecular weight is 398 g/mol. The highest BCUT2D eigenvalue weighted by molar-refractivity contribution is 7.89. The molecule has 25 heavy (non-hydrogen) atoms. The Morgan fingerprint density at radius 2 is 2.00 bits per heavy atom. The maximum atomic E-state index is 14.0. The van der Waals surface area contributed by atoms with Gasteiger partial charge in [-0.1, -0.05) is 6.07 Å². The van der Waals surface area contributed by atoms with Gasteiger partial charge >= 0.3 is 0 Å². The Bertz CT molecular complexity index is 696. The van der Waals surface area contributed by atoms with Crippen LogP contribution in [0.3, 0.4) is 0 Å². The van der Waals surface area contributed by atoms with Gasteiger partial charge in [0.15, 0.2) is 4.90 Å². The molecule has 1 aliphatic heterocycles. The fraction of sp³-hybridized carbons (Fsp3) is 0.571. The van der Waals surface area contributed by atoms with Gasteiger partial charge in [-0.25, -0.2) is 12.8 Å². The molecule has 2 rings (SSSR count). The van der Waals surface area contributed by atoms with E-state index in [2.05, 4.69) is 0 Å². The van der Waals surface area contributed by atoms with Crippen molar-refractivity contribution in [3.05, 3.63) is 34.1 Å². The normalized spacial score (nSPS) is 16.4. The third-order valence-electron chi connectivity index (χ3n) is 3.84. The van der Waals surface area contributed by atoms with Crippen molar-refractivity contribution in [3.8, 4) is 0 Å². The standard InChI is InChI=1S/C14H20FN3O5S.ClH/c15-12-3-1-4-13(18(19)20)14(12)24(21,22)17-8-5-11(6-9-17)23-10-2-7-16;/h1,3-4,11H,2,5-10,16H2;1H. The molecule has 1 aliphatic rings. The molecule has 0 aliphatic carbocycles. The summed E-state index contributed by atoms with van der Waals surface area (Å²) in [7, 11) is -4.28. The lowest BCUT2D eigenvalue weighted by atomic mass is 10.1. The summed E-state index contributed by atoms with van der Waals surface area (Å²) in [6.45, 7) is 1.28. The van der Waals surface area contributed by atoms with Crippen molar-refractivity contribution in [1.29, 1.82) is 0 Å². The molecule has 0 saturated carbocycles. The number of nitrogens with zero attached hydrogens (tertiary/aromatic N) is 2. The van der Waals surface area contributed by atoms with Gasteiger partial charge in [0, 0.05) is 25.8 Å². The second-order valence-electron chi connectivity index (χ2n) is 5.46. The molecule has 1 saturated heterocycles. The predicted molar refractivity (Wildman–Crippen MR) is 91.7 cm³/mol. The number of benzene rings is 1. The van der Waals surface area contributed by atoms with Gasteiger partial charge in [-0.05, 0) is 31.9 Å². The van der Waals surface area contributed by atoms with Gasteiger partial charge < -0.3 is 10.5 Å². The summed E-state index contributed by atoms with van der Waals surface area (Å²) in [5.74, 6) is -1.12. The SMILES string of the molecule is Cl.NCCCOC1CCN(S(=O)(=O)c2c(F)cccc2[N+](=O)[O-])CC1. The van der Waals surface area contributed by atoms with E-state index in [1.54, 1.807) is 0 Å². The topological polar surface area (TPSA) is 116 Å². The van der Waals surface area contributed by atoms with Crippen molar-refractivity contribution < 1.29 is 22.5 Å². The van der Waals surface area contributed by atoms with Gasteiger partial charge in [0.05, 0.1) is 11.0 Å². The van der Waals surface area contributed by atoms with Gasteiger partial charge in [-0.15, -0.1) is 12.4 Å². The molecule has 0 atom stereocenters. The largest absolute Gasteiger partial charge is 0.378 e. The number of nitro benzene ring substituents is 1. The fourth-order valence-corrected chi connectivity index (χ4v) is 4.27. The quantitative estimate of drug-likeness (QED) is 0.425. The van der Waals surface area contributed by atoms with Crippen molar-refractivity contribution in [2.24, 2.45) is 5.73 Å². The van der Waals surface area contributed by atoms with E-state index in [-0.39, 0.29) is 31.6 Å². The van der Waals surface area contributed by atoms with Gasteiger partial charge in [0.25, 0.3) is 15.7 Å². The van der Waals surface area contributed by atoms with E-state index in [1.807, 2.05) is 0 Å². The van der Waals surface area contributed by atoms with Crippen molar-refractivity contribution >= 4 is 28.1 Å². The molecule has 0 amide bonds. The van der Waals surface area contributed by atoms with E-state index in [9.17, 15) is 22.9 Å². The van der Waals surface area contributed by atoms with Crippen LogP contribution in [-0.2, 0) is 14.8 Å². The van der Waals surface area contributed by atoms with Crippen LogP contribution in [0, 0.1) is 15.9 Å². The highest BCUT2D eigenvalue weighted by Crippen LogP contribution is 2.31. The molecule has 8 nitrogen and oxygen atoms in total. The van der Waals surface area contributed by atoms with E-state index in [0.29, 0.717) is 26.0 Å². The third kappa shape index (κ3) is 5.08. The van der Waals surface area contributed by atoms with Crippen LogP contribution in [0.1, 0.15) is 19.3 Å². The Labute approximate surface area is 151 Å². The number of hydrogen-bond donors (Lipinski definition) is 1. The van der Waals surface area contributed by atoms with Crippen LogP contribution < -0.4 is 5.73 Å². The molecule has 0 bridgehead atoms. The minimum absolute atomic E-state index is 0. The first kappa shape index (κ1) is 21.7. The van der Waals surface area contributed by atoms with Crippen molar-refractivity contribution in [3.63, 3.8) is 0 Å². The number of nitro groups is 1. The molecule has 0 spiro atoms. The van der Waals surface area contributed by atoms with Crippen LogP contribution in [0.4, 0.5) is 10.1 Å². The number of ether oxygens (including phenoxy) is 1. The van der Waals surface area contributed by atoms with Crippen LogP contribution in [0.15, 0.2) is 23.1 Å². The molecule has 1 aromatic carbocycles. The molecule has 142 valence electrons. The van der Waals surface area contributed by atoms with Gasteiger partial charge in [-0.2, -0.15) is 4.31 Å². The lowest BCUT2D eigenvalue weighted by Crippen LogP contribution is -2.41. The first-order valence-corrected chi connectivity index (χ1v) is 9.06. The summed E-state index contributed by atoms with van der Waals surface area (Å²) in [6.07, 6.45) is 1.54. The van der Waals surface area contributed by atoms with Crippen LogP contribution in [0.5, 0.6) is 0 Å². The second kappa shape index (κ2) is 9.39. The maximum Gasteiger partial charge on any atom is 0.292 e. The molecule has 1 aromatic rings. The van der Waals surface area contributed by atoms with Crippen molar-refractivity contribution in [2.45, 2.75) is 30.3 Å². The molecule has 0 unspecified atom stereocenters. The third-order valence-corrected chi connectivity index (χ3v) is 5.81. The van der Waals surface area contributed by atoms with Crippen LogP contribution in [0.2, 0.25) is 0 Å². The summed E-state index contributed by atoms with van der Waals surface area (Å²) in [5, 5.41) is 11.0. The molecule has 1 heterocycles. The van der Waals surface area contributed by atoms with Crippen LogP contribution in [-0.4, -0.2) is 50.0 Å². The number of nitrogens with two attached hydrogens (primary N) is 1. The molecule has 2 N–H and O–H groups in total. The molecular formula is C14H21ClFN3O5S. The van der Waals surface area contributed by atoms with Crippen LogP contribution in [0.25, 0.3) is 0 Å². The molecular weight excluding hydrogens is 377 g/mol. The summed E-state index contributed by atoms with van der Waals surface area (Å²) < 4.78 is 45.9. The Morgan fingerprint density at radius 3 is 2.56 bits per heavy atom. The van der Waals surface area contributed by atoms with Crippen molar-refractivity contribution in [1.82, 2.24) is 4.31 Å². The first-order valence-electron chi connectivity index (χ1n) is 7.62. The monoisotopic (exact) mass is 397 g/mol. The summed E-state index contributed by atoms with van der Waals surface area (Å²) in [6, 6.07) is 3.01. The second-order valence-corrected chi connectivity index (χ2v) is 7.34. The van der Waals surface area contributed by atoms with Gasteiger partial charge in [0.1, 0.15) is 5.82 Å². The Morgan fingerprint density at radius 1 is 1.36 bits per heavy atom. The Kier molecular flexibility index (Phi) is 8.16. The molecule has 1 fully saturated rings. The number of sulfonamides is 1. The van der Waals surface area contributed by atoms with E-state index >= 15 is 0 Å². The maximum absolute atomic E-state index is 14.0. The smallest absolute Gasteiger partial charge is 0.292 e. The minimum Gasteiger partial charge on any atom is -0.378 e. The first-order chi connectivity index (χ1) is 11.4.